The Kier molecular flexibility index (Phi) is 3.71. The smallest absolute Gasteiger partial charge is 0.269 e. The lowest BCUT2D eigenvalue weighted by Gasteiger charge is -2.03. The number of carbonyl (C=O) groups excluding carboxylic acids is 1. The quantitative estimate of drug-likeness (QED) is 0.651. The molecule has 1 heterocycles. The molecule has 0 spiro atoms. The molecule has 2 aromatic rings. The zero-order valence-corrected chi connectivity index (χ0v) is 10.5. The van der Waals surface area contributed by atoms with E-state index < -0.39 is 4.92 Å². The van der Waals surface area contributed by atoms with Crippen molar-refractivity contribution in [3.8, 4) is 0 Å². The second kappa shape index (κ2) is 5.44. The molecule has 0 aliphatic carbocycles. The summed E-state index contributed by atoms with van der Waals surface area (Å²) in [4.78, 5) is 26.0. The van der Waals surface area contributed by atoms with Crippen molar-refractivity contribution in [1.82, 2.24) is 10.3 Å². The lowest BCUT2D eigenvalue weighted by molar-refractivity contribution is -0.384. The highest BCUT2D eigenvalue weighted by atomic mass is 32.1. The van der Waals surface area contributed by atoms with Gasteiger partial charge in [-0.2, -0.15) is 0 Å². The van der Waals surface area contributed by atoms with Crippen LogP contribution in [0, 0.1) is 10.1 Å². The highest BCUT2D eigenvalue weighted by Gasteiger charge is 2.10. The van der Waals surface area contributed by atoms with Crippen LogP contribution in [0.5, 0.6) is 0 Å². The normalized spacial score (nSPS) is 10.1. The van der Waals surface area contributed by atoms with Gasteiger partial charge in [-0.05, 0) is 5.56 Å². The van der Waals surface area contributed by atoms with Crippen LogP contribution >= 0.6 is 11.3 Å². The Hall–Kier alpha value is -2.48. The number of aromatic nitrogens is 1. The number of nitrogen functional groups attached to an aromatic ring is 1. The number of nitrogens with two attached hydrogens (primary N) is 1. The highest BCUT2D eigenvalue weighted by Crippen LogP contribution is 2.15. The van der Waals surface area contributed by atoms with Gasteiger partial charge in [0.25, 0.3) is 11.6 Å². The predicted molar refractivity (Wildman–Crippen MR) is 70.8 cm³/mol. The molecule has 1 aromatic heterocycles. The maximum absolute atomic E-state index is 11.7. The summed E-state index contributed by atoms with van der Waals surface area (Å²) in [7, 11) is 0. The van der Waals surface area contributed by atoms with Gasteiger partial charge in [-0.25, -0.2) is 4.98 Å². The number of nitrogens with one attached hydrogen (secondary N) is 1. The van der Waals surface area contributed by atoms with E-state index in [2.05, 4.69) is 10.3 Å². The number of benzene rings is 1. The largest absolute Gasteiger partial charge is 0.375 e. The third-order valence-electron chi connectivity index (χ3n) is 2.32. The van der Waals surface area contributed by atoms with E-state index in [-0.39, 0.29) is 18.1 Å². The second-order valence-corrected chi connectivity index (χ2v) is 4.73. The molecule has 0 fully saturated rings. The lowest BCUT2D eigenvalue weighted by atomic mass is 10.2. The van der Waals surface area contributed by atoms with E-state index in [9.17, 15) is 14.9 Å². The number of rotatable bonds is 4. The van der Waals surface area contributed by atoms with Crippen LogP contribution in [0.15, 0.2) is 30.5 Å². The van der Waals surface area contributed by atoms with Crippen molar-refractivity contribution in [1.29, 1.82) is 0 Å². The molecule has 98 valence electrons. The zero-order chi connectivity index (χ0) is 13.8. The van der Waals surface area contributed by atoms with Crippen molar-refractivity contribution in [3.63, 3.8) is 0 Å². The molecule has 0 bridgehead atoms. The summed E-state index contributed by atoms with van der Waals surface area (Å²) >= 11 is 1.09. The summed E-state index contributed by atoms with van der Waals surface area (Å²) in [5.41, 5.74) is 6.08. The predicted octanol–water partition coefficient (Wildman–Crippen LogP) is 1.56. The first-order chi connectivity index (χ1) is 9.06. The first kappa shape index (κ1) is 13.0. The number of hydrogen-bond donors (Lipinski definition) is 2. The number of nitrogens with zero attached hydrogens (tertiary/aromatic N) is 2. The topological polar surface area (TPSA) is 111 Å². The minimum atomic E-state index is -0.477. The first-order valence-corrected chi connectivity index (χ1v) is 6.11. The SMILES string of the molecule is Nc1ncc(C(=O)NCc2cccc([N+](=O)[O-])c2)s1. The summed E-state index contributed by atoms with van der Waals surface area (Å²) in [5, 5.41) is 13.6. The van der Waals surface area contributed by atoms with Crippen LogP contribution < -0.4 is 11.1 Å². The first-order valence-electron chi connectivity index (χ1n) is 5.29. The molecule has 1 aromatic carbocycles. The molecule has 3 N–H and O–H groups in total. The van der Waals surface area contributed by atoms with Crippen molar-refractivity contribution < 1.29 is 9.72 Å². The Morgan fingerprint density at radius 2 is 2.32 bits per heavy atom. The fourth-order valence-corrected chi connectivity index (χ4v) is 2.04. The van der Waals surface area contributed by atoms with Crippen molar-refractivity contribution in [3.05, 3.63) is 51.0 Å². The Balaban J connectivity index is 2.01. The van der Waals surface area contributed by atoms with E-state index in [0.29, 0.717) is 15.6 Å². The van der Waals surface area contributed by atoms with Crippen LogP contribution in [0.1, 0.15) is 15.2 Å². The molecule has 0 atom stereocenters. The monoisotopic (exact) mass is 278 g/mol. The van der Waals surface area contributed by atoms with Crippen LogP contribution in [-0.4, -0.2) is 15.8 Å². The molecular weight excluding hydrogens is 268 g/mol. The van der Waals surface area contributed by atoms with Gasteiger partial charge in [0.2, 0.25) is 0 Å². The average Bonchev–Trinajstić information content (AvgIpc) is 2.83. The summed E-state index contributed by atoms with van der Waals surface area (Å²) in [6, 6.07) is 6.09. The molecule has 0 saturated heterocycles. The molecule has 1 amide bonds. The molecule has 0 aliphatic heterocycles. The molecule has 0 radical (unpaired) electrons. The van der Waals surface area contributed by atoms with E-state index in [0.717, 1.165) is 11.3 Å². The fourth-order valence-electron chi connectivity index (χ4n) is 1.44. The van der Waals surface area contributed by atoms with Gasteiger partial charge in [0.1, 0.15) is 4.88 Å². The van der Waals surface area contributed by atoms with Gasteiger partial charge in [-0.1, -0.05) is 23.5 Å². The second-order valence-electron chi connectivity index (χ2n) is 3.67. The van der Waals surface area contributed by atoms with Gasteiger partial charge in [0, 0.05) is 18.7 Å². The molecule has 7 nitrogen and oxygen atoms in total. The molecule has 0 unspecified atom stereocenters. The third-order valence-corrected chi connectivity index (χ3v) is 3.15. The average molecular weight is 278 g/mol. The molecule has 0 saturated carbocycles. The molecule has 2 rings (SSSR count). The molecule has 8 heteroatoms. The van der Waals surface area contributed by atoms with Gasteiger partial charge in [-0.3, -0.25) is 14.9 Å². The van der Waals surface area contributed by atoms with Crippen molar-refractivity contribution in [2.75, 3.05) is 5.73 Å². The number of anilines is 1. The third kappa shape index (κ3) is 3.26. The Morgan fingerprint density at radius 3 is 2.95 bits per heavy atom. The lowest BCUT2D eigenvalue weighted by Crippen LogP contribution is -2.21. The van der Waals surface area contributed by atoms with Gasteiger partial charge in [0.15, 0.2) is 5.13 Å². The van der Waals surface area contributed by atoms with E-state index in [4.69, 9.17) is 5.73 Å². The fraction of sp³-hybridized carbons (Fsp3) is 0.0909. The van der Waals surface area contributed by atoms with Crippen LogP contribution in [0.25, 0.3) is 0 Å². The highest BCUT2D eigenvalue weighted by molar-refractivity contribution is 7.17. The number of hydrogen-bond acceptors (Lipinski definition) is 6. The minimum absolute atomic E-state index is 0.00576. The van der Waals surface area contributed by atoms with Gasteiger partial charge >= 0.3 is 0 Å². The maximum Gasteiger partial charge on any atom is 0.269 e. The Bertz CT molecular complexity index is 626. The standard InChI is InChI=1S/C11H10N4O3S/c12-11-14-6-9(19-11)10(16)13-5-7-2-1-3-8(4-7)15(17)18/h1-4,6H,5H2,(H2,12,14)(H,13,16). The van der Waals surface area contributed by atoms with Crippen molar-refractivity contribution >= 4 is 28.1 Å². The van der Waals surface area contributed by atoms with E-state index in [1.807, 2.05) is 0 Å². The van der Waals surface area contributed by atoms with Gasteiger partial charge in [0.05, 0.1) is 11.1 Å². The number of thiazole rings is 1. The number of carbonyl (C=O) groups is 1. The van der Waals surface area contributed by atoms with E-state index in [1.165, 1.54) is 18.3 Å². The number of amides is 1. The van der Waals surface area contributed by atoms with Gasteiger partial charge < -0.3 is 11.1 Å². The van der Waals surface area contributed by atoms with Crippen LogP contribution in [0.4, 0.5) is 10.8 Å². The number of non-ortho nitro benzene ring substituents is 1. The molecule has 0 aliphatic rings. The van der Waals surface area contributed by atoms with E-state index in [1.54, 1.807) is 12.1 Å². The van der Waals surface area contributed by atoms with Crippen molar-refractivity contribution in [2.45, 2.75) is 6.54 Å². The summed E-state index contributed by atoms with van der Waals surface area (Å²) in [6.45, 7) is 0.207. The van der Waals surface area contributed by atoms with Crippen LogP contribution in [0.3, 0.4) is 0 Å². The zero-order valence-electron chi connectivity index (χ0n) is 9.70. The van der Waals surface area contributed by atoms with Crippen LogP contribution in [-0.2, 0) is 6.54 Å². The maximum atomic E-state index is 11.7. The summed E-state index contributed by atoms with van der Waals surface area (Å²) in [6.07, 6.45) is 1.39. The Labute approximate surface area is 112 Å². The van der Waals surface area contributed by atoms with E-state index >= 15 is 0 Å². The Morgan fingerprint density at radius 1 is 1.53 bits per heavy atom. The summed E-state index contributed by atoms with van der Waals surface area (Å²) in [5.74, 6) is -0.305. The molecular formula is C11H10N4O3S. The minimum Gasteiger partial charge on any atom is -0.375 e. The van der Waals surface area contributed by atoms with Gasteiger partial charge in [-0.15, -0.1) is 0 Å². The summed E-state index contributed by atoms with van der Waals surface area (Å²) < 4.78 is 0. The number of nitro groups is 1. The van der Waals surface area contributed by atoms with Crippen molar-refractivity contribution in [2.24, 2.45) is 0 Å². The molecule has 19 heavy (non-hydrogen) atoms. The number of nitro benzene ring substituents is 1. The van der Waals surface area contributed by atoms with Crippen LogP contribution in [0.2, 0.25) is 0 Å².